The molecule has 1 saturated carbocycles. The molecular weight excluding hydrogens is 184 g/mol. The monoisotopic (exact) mass is 210 g/mol. The second-order valence-electron chi connectivity index (χ2n) is 6.27. The minimum atomic E-state index is 0.558. The topological polar surface area (TPSA) is 15.3 Å². The number of rotatable bonds is 5. The summed E-state index contributed by atoms with van der Waals surface area (Å²) in [6.07, 6.45) is 4.26. The first-order valence-corrected chi connectivity index (χ1v) is 6.53. The summed E-state index contributed by atoms with van der Waals surface area (Å²) in [7, 11) is 0. The van der Waals surface area contributed by atoms with E-state index in [4.69, 9.17) is 0 Å². The van der Waals surface area contributed by atoms with Crippen LogP contribution in [0.3, 0.4) is 0 Å². The van der Waals surface area contributed by atoms with Crippen molar-refractivity contribution in [2.24, 2.45) is 11.3 Å². The van der Waals surface area contributed by atoms with Crippen LogP contribution in [0.4, 0.5) is 0 Å². The average Bonchev–Trinajstić information content (AvgIpc) is 2.92. The predicted molar refractivity (Wildman–Crippen MR) is 65.0 cm³/mol. The van der Waals surface area contributed by atoms with Crippen LogP contribution in [0.1, 0.15) is 40.0 Å². The lowest BCUT2D eigenvalue weighted by atomic mass is 9.93. The molecule has 0 spiro atoms. The molecule has 2 fully saturated rings. The van der Waals surface area contributed by atoms with Crippen LogP contribution in [0.5, 0.6) is 0 Å². The van der Waals surface area contributed by atoms with Gasteiger partial charge in [0.1, 0.15) is 0 Å². The summed E-state index contributed by atoms with van der Waals surface area (Å²) < 4.78 is 0. The number of nitrogens with one attached hydrogen (secondary N) is 1. The normalized spacial score (nSPS) is 28.2. The van der Waals surface area contributed by atoms with E-state index in [1.54, 1.807) is 0 Å². The fraction of sp³-hybridized carbons (Fsp3) is 1.00. The molecule has 15 heavy (non-hydrogen) atoms. The molecule has 1 aliphatic heterocycles. The Labute approximate surface area is 94.4 Å². The van der Waals surface area contributed by atoms with Gasteiger partial charge in [-0.15, -0.1) is 0 Å². The molecule has 2 aliphatic rings. The first kappa shape index (κ1) is 11.4. The van der Waals surface area contributed by atoms with Gasteiger partial charge in [-0.2, -0.15) is 0 Å². The fourth-order valence-electron chi connectivity index (χ4n) is 2.63. The van der Waals surface area contributed by atoms with Crippen LogP contribution in [0.2, 0.25) is 0 Å². The molecule has 88 valence electrons. The van der Waals surface area contributed by atoms with Gasteiger partial charge in [-0.1, -0.05) is 13.8 Å². The smallest absolute Gasteiger partial charge is 0.0107 e. The summed E-state index contributed by atoms with van der Waals surface area (Å²) in [5.74, 6) is 0.986. The molecule has 1 N–H and O–H groups in total. The van der Waals surface area contributed by atoms with Gasteiger partial charge < -0.3 is 10.2 Å². The lowest BCUT2D eigenvalue weighted by Gasteiger charge is -2.21. The Balaban J connectivity index is 1.58. The van der Waals surface area contributed by atoms with Crippen LogP contribution in [-0.2, 0) is 0 Å². The van der Waals surface area contributed by atoms with E-state index in [0.717, 1.165) is 12.0 Å². The molecule has 2 heteroatoms. The van der Waals surface area contributed by atoms with E-state index in [0.29, 0.717) is 5.41 Å². The number of likely N-dealkylation sites (tertiary alicyclic amines) is 1. The molecule has 0 amide bonds. The molecule has 0 radical (unpaired) electrons. The van der Waals surface area contributed by atoms with Gasteiger partial charge in [0, 0.05) is 25.7 Å². The van der Waals surface area contributed by atoms with Crippen LogP contribution < -0.4 is 5.32 Å². The van der Waals surface area contributed by atoms with E-state index in [9.17, 15) is 0 Å². The van der Waals surface area contributed by atoms with E-state index in [-0.39, 0.29) is 0 Å². The van der Waals surface area contributed by atoms with Crippen molar-refractivity contribution in [1.29, 1.82) is 0 Å². The van der Waals surface area contributed by atoms with Crippen molar-refractivity contribution in [1.82, 2.24) is 10.2 Å². The Morgan fingerprint density at radius 3 is 2.67 bits per heavy atom. The Hall–Kier alpha value is -0.0800. The zero-order valence-electron chi connectivity index (χ0n) is 10.6. The summed E-state index contributed by atoms with van der Waals surface area (Å²) in [4.78, 5) is 2.60. The molecular formula is C13H26N2. The van der Waals surface area contributed by atoms with Gasteiger partial charge in [0.25, 0.3) is 0 Å². The van der Waals surface area contributed by atoms with E-state index < -0.39 is 0 Å². The molecule has 2 rings (SSSR count). The molecule has 1 saturated heterocycles. The Kier molecular flexibility index (Phi) is 3.36. The van der Waals surface area contributed by atoms with Gasteiger partial charge in [-0.3, -0.25) is 0 Å². The van der Waals surface area contributed by atoms with E-state index in [1.807, 2.05) is 0 Å². The number of hydrogen-bond donors (Lipinski definition) is 1. The molecule has 1 aliphatic carbocycles. The van der Waals surface area contributed by atoms with Crippen molar-refractivity contribution in [3.05, 3.63) is 0 Å². The zero-order chi connectivity index (χ0) is 10.9. The Morgan fingerprint density at radius 1 is 1.40 bits per heavy atom. The van der Waals surface area contributed by atoms with E-state index >= 15 is 0 Å². The highest BCUT2D eigenvalue weighted by atomic mass is 15.2. The summed E-state index contributed by atoms with van der Waals surface area (Å²) in [5, 5.41) is 3.66. The van der Waals surface area contributed by atoms with Crippen LogP contribution in [0, 0.1) is 11.3 Å². The maximum Gasteiger partial charge on any atom is 0.0107 e. The minimum Gasteiger partial charge on any atom is -0.313 e. The van der Waals surface area contributed by atoms with Crippen molar-refractivity contribution in [3.8, 4) is 0 Å². The van der Waals surface area contributed by atoms with Gasteiger partial charge in [0.2, 0.25) is 0 Å². The quantitative estimate of drug-likeness (QED) is 0.747. The maximum atomic E-state index is 3.66. The average molecular weight is 210 g/mol. The van der Waals surface area contributed by atoms with Crippen molar-refractivity contribution in [2.75, 3.05) is 26.2 Å². The van der Waals surface area contributed by atoms with Crippen molar-refractivity contribution in [3.63, 3.8) is 0 Å². The molecule has 1 heterocycles. The van der Waals surface area contributed by atoms with E-state index in [2.05, 4.69) is 31.0 Å². The molecule has 1 unspecified atom stereocenters. The largest absolute Gasteiger partial charge is 0.313 e. The lowest BCUT2D eigenvalue weighted by Crippen LogP contribution is -2.36. The van der Waals surface area contributed by atoms with Crippen molar-refractivity contribution in [2.45, 2.75) is 46.1 Å². The van der Waals surface area contributed by atoms with Crippen LogP contribution in [-0.4, -0.2) is 37.1 Å². The van der Waals surface area contributed by atoms with Gasteiger partial charge in [0.05, 0.1) is 0 Å². The third kappa shape index (κ3) is 3.46. The molecule has 1 atom stereocenters. The first-order valence-electron chi connectivity index (χ1n) is 6.53. The predicted octanol–water partition coefficient (Wildman–Crippen LogP) is 2.11. The van der Waals surface area contributed by atoms with Gasteiger partial charge in [0.15, 0.2) is 0 Å². The Bertz CT molecular complexity index is 209. The summed E-state index contributed by atoms with van der Waals surface area (Å²) in [5.41, 5.74) is 0.558. The number of hydrogen-bond acceptors (Lipinski definition) is 2. The summed E-state index contributed by atoms with van der Waals surface area (Å²) in [6.45, 7) is 12.1. The second-order valence-corrected chi connectivity index (χ2v) is 6.27. The highest BCUT2D eigenvalue weighted by Crippen LogP contribution is 2.32. The molecule has 0 aromatic rings. The van der Waals surface area contributed by atoms with Crippen LogP contribution in [0.25, 0.3) is 0 Å². The molecule has 0 bridgehead atoms. The molecule has 0 aromatic heterocycles. The number of nitrogens with zero attached hydrogens (tertiary/aromatic N) is 1. The highest BCUT2D eigenvalue weighted by Gasteiger charge is 2.30. The summed E-state index contributed by atoms with van der Waals surface area (Å²) >= 11 is 0. The van der Waals surface area contributed by atoms with Crippen LogP contribution >= 0.6 is 0 Å². The Morgan fingerprint density at radius 2 is 2.13 bits per heavy atom. The fourth-order valence-corrected chi connectivity index (χ4v) is 2.63. The third-order valence-electron chi connectivity index (χ3n) is 3.98. The molecule has 2 nitrogen and oxygen atoms in total. The van der Waals surface area contributed by atoms with Crippen LogP contribution in [0.15, 0.2) is 0 Å². The zero-order valence-corrected chi connectivity index (χ0v) is 10.6. The standard InChI is InChI=1S/C13H26N2/c1-11(12-4-5-12)14-7-9-15-8-6-13(2,3)10-15/h11-12,14H,4-10H2,1-3H3. The van der Waals surface area contributed by atoms with Crippen molar-refractivity contribution < 1.29 is 0 Å². The SMILES string of the molecule is CC(NCCN1CCC(C)(C)C1)C1CC1. The second kappa shape index (κ2) is 4.42. The minimum absolute atomic E-state index is 0.558. The lowest BCUT2D eigenvalue weighted by molar-refractivity contribution is 0.284. The highest BCUT2D eigenvalue weighted by molar-refractivity contribution is 4.85. The third-order valence-corrected chi connectivity index (χ3v) is 3.98. The van der Waals surface area contributed by atoms with E-state index in [1.165, 1.54) is 45.4 Å². The summed E-state index contributed by atoms with van der Waals surface area (Å²) in [6, 6.07) is 0.751. The van der Waals surface area contributed by atoms with Crippen molar-refractivity contribution >= 4 is 0 Å². The van der Waals surface area contributed by atoms with Gasteiger partial charge >= 0.3 is 0 Å². The maximum absolute atomic E-state index is 3.66. The van der Waals surface area contributed by atoms with Gasteiger partial charge in [-0.05, 0) is 44.1 Å². The molecule has 0 aromatic carbocycles. The first-order chi connectivity index (χ1) is 7.07. The van der Waals surface area contributed by atoms with Gasteiger partial charge in [-0.25, -0.2) is 0 Å².